The molecule has 1 aromatic carbocycles. The van der Waals surface area contributed by atoms with Crippen LogP contribution in [0.5, 0.6) is 0 Å². The first-order valence-corrected chi connectivity index (χ1v) is 7.53. The standard InChI is InChI=1S/C17H25NO/c1-15(19)18-17(12-6-3-7-13-17)14-8-11-16-9-4-2-5-10-16/h2,4-5,9-10H,3,6-8,11-14H2,1H3,(H,18,19). The molecule has 0 heterocycles. The van der Waals surface area contributed by atoms with Crippen LogP contribution in [-0.4, -0.2) is 11.4 Å². The van der Waals surface area contributed by atoms with Crippen molar-refractivity contribution in [2.45, 2.75) is 63.8 Å². The van der Waals surface area contributed by atoms with Gasteiger partial charge in [0.05, 0.1) is 0 Å². The van der Waals surface area contributed by atoms with Gasteiger partial charge < -0.3 is 5.32 Å². The topological polar surface area (TPSA) is 29.1 Å². The van der Waals surface area contributed by atoms with Crippen LogP contribution in [0.25, 0.3) is 0 Å². The van der Waals surface area contributed by atoms with Crippen LogP contribution in [0.2, 0.25) is 0 Å². The van der Waals surface area contributed by atoms with Gasteiger partial charge in [0.25, 0.3) is 0 Å². The molecular formula is C17H25NO. The predicted octanol–water partition coefficient (Wildman–Crippen LogP) is 3.85. The lowest BCUT2D eigenvalue weighted by molar-refractivity contribution is -0.121. The fraction of sp³-hybridized carbons (Fsp3) is 0.588. The van der Waals surface area contributed by atoms with Gasteiger partial charge in [-0.1, -0.05) is 49.6 Å². The highest BCUT2D eigenvalue weighted by Crippen LogP contribution is 2.32. The lowest BCUT2D eigenvalue weighted by atomic mass is 9.78. The number of aryl methyl sites for hydroxylation is 1. The van der Waals surface area contributed by atoms with E-state index in [1.54, 1.807) is 6.92 Å². The molecule has 0 unspecified atom stereocenters. The molecule has 1 aliphatic rings. The summed E-state index contributed by atoms with van der Waals surface area (Å²) in [6.45, 7) is 1.65. The van der Waals surface area contributed by atoms with E-state index >= 15 is 0 Å². The lowest BCUT2D eigenvalue weighted by Gasteiger charge is -2.38. The molecular weight excluding hydrogens is 234 g/mol. The van der Waals surface area contributed by atoms with Crippen molar-refractivity contribution in [2.24, 2.45) is 0 Å². The van der Waals surface area contributed by atoms with Crippen LogP contribution >= 0.6 is 0 Å². The molecule has 0 spiro atoms. The Balaban J connectivity index is 1.87. The molecule has 0 radical (unpaired) electrons. The van der Waals surface area contributed by atoms with Crippen molar-refractivity contribution >= 4 is 5.91 Å². The van der Waals surface area contributed by atoms with Gasteiger partial charge in [0.2, 0.25) is 5.91 Å². The van der Waals surface area contributed by atoms with Crippen LogP contribution in [0.1, 0.15) is 57.4 Å². The van der Waals surface area contributed by atoms with Gasteiger partial charge >= 0.3 is 0 Å². The molecule has 0 atom stereocenters. The second kappa shape index (κ2) is 6.74. The van der Waals surface area contributed by atoms with Crippen molar-refractivity contribution in [3.8, 4) is 0 Å². The molecule has 0 saturated heterocycles. The van der Waals surface area contributed by atoms with Crippen molar-refractivity contribution in [3.63, 3.8) is 0 Å². The van der Waals surface area contributed by atoms with Crippen molar-refractivity contribution < 1.29 is 4.79 Å². The van der Waals surface area contributed by atoms with E-state index in [9.17, 15) is 4.79 Å². The quantitative estimate of drug-likeness (QED) is 0.855. The van der Waals surface area contributed by atoms with Gasteiger partial charge in [0, 0.05) is 12.5 Å². The molecule has 1 N–H and O–H groups in total. The molecule has 104 valence electrons. The predicted molar refractivity (Wildman–Crippen MR) is 79.0 cm³/mol. The SMILES string of the molecule is CC(=O)NC1(CCCc2ccccc2)CCCCC1. The van der Waals surface area contributed by atoms with E-state index in [2.05, 4.69) is 35.6 Å². The van der Waals surface area contributed by atoms with Crippen LogP contribution in [0, 0.1) is 0 Å². The fourth-order valence-electron chi connectivity index (χ4n) is 3.32. The minimum Gasteiger partial charge on any atom is -0.351 e. The summed E-state index contributed by atoms with van der Waals surface area (Å²) in [4.78, 5) is 11.4. The maximum Gasteiger partial charge on any atom is 0.217 e. The summed E-state index contributed by atoms with van der Waals surface area (Å²) in [5.74, 6) is 0.126. The third-order valence-corrected chi connectivity index (χ3v) is 4.22. The van der Waals surface area contributed by atoms with Gasteiger partial charge in [0.1, 0.15) is 0 Å². The zero-order valence-electron chi connectivity index (χ0n) is 12.0. The Hall–Kier alpha value is -1.31. The van der Waals surface area contributed by atoms with Crippen LogP contribution in [0.3, 0.4) is 0 Å². The Labute approximate surface area is 116 Å². The Bertz CT molecular complexity index is 393. The smallest absolute Gasteiger partial charge is 0.217 e. The minimum atomic E-state index is 0.0822. The Morgan fingerprint density at radius 1 is 1.16 bits per heavy atom. The minimum absolute atomic E-state index is 0.0822. The first kappa shape index (κ1) is 14.1. The maximum absolute atomic E-state index is 11.4. The Morgan fingerprint density at radius 2 is 1.84 bits per heavy atom. The summed E-state index contributed by atoms with van der Waals surface area (Å²) in [5.41, 5.74) is 1.48. The molecule has 0 bridgehead atoms. The van der Waals surface area contributed by atoms with Crippen molar-refractivity contribution in [3.05, 3.63) is 35.9 Å². The van der Waals surface area contributed by atoms with E-state index < -0.39 is 0 Å². The van der Waals surface area contributed by atoms with Gasteiger partial charge in [0.15, 0.2) is 0 Å². The summed E-state index contributed by atoms with van der Waals surface area (Å²) in [7, 11) is 0. The van der Waals surface area contributed by atoms with Crippen molar-refractivity contribution in [1.29, 1.82) is 0 Å². The molecule has 1 fully saturated rings. The number of amides is 1. The third-order valence-electron chi connectivity index (χ3n) is 4.22. The second-order valence-corrected chi connectivity index (χ2v) is 5.86. The monoisotopic (exact) mass is 259 g/mol. The van der Waals surface area contributed by atoms with Gasteiger partial charge in [-0.3, -0.25) is 4.79 Å². The lowest BCUT2D eigenvalue weighted by Crippen LogP contribution is -2.49. The average Bonchev–Trinajstić information content (AvgIpc) is 2.40. The van der Waals surface area contributed by atoms with Gasteiger partial charge in [-0.15, -0.1) is 0 Å². The van der Waals surface area contributed by atoms with E-state index in [1.165, 1.54) is 24.8 Å². The molecule has 2 heteroatoms. The van der Waals surface area contributed by atoms with Gasteiger partial charge in [-0.2, -0.15) is 0 Å². The zero-order chi connectivity index (χ0) is 13.6. The van der Waals surface area contributed by atoms with Gasteiger partial charge in [-0.25, -0.2) is 0 Å². The summed E-state index contributed by atoms with van der Waals surface area (Å²) in [5, 5.41) is 3.24. The zero-order valence-corrected chi connectivity index (χ0v) is 12.0. The summed E-state index contributed by atoms with van der Waals surface area (Å²) in [6, 6.07) is 10.6. The fourth-order valence-corrected chi connectivity index (χ4v) is 3.32. The van der Waals surface area contributed by atoms with Gasteiger partial charge in [-0.05, 0) is 37.7 Å². The highest BCUT2D eigenvalue weighted by atomic mass is 16.1. The highest BCUT2D eigenvalue weighted by molar-refractivity contribution is 5.73. The number of hydrogen-bond donors (Lipinski definition) is 1. The number of nitrogens with one attached hydrogen (secondary N) is 1. The third kappa shape index (κ3) is 4.38. The highest BCUT2D eigenvalue weighted by Gasteiger charge is 2.31. The summed E-state index contributed by atoms with van der Waals surface area (Å²) < 4.78 is 0. The Kier molecular flexibility index (Phi) is 5.00. The van der Waals surface area contributed by atoms with Crippen LogP contribution in [0.4, 0.5) is 0 Å². The normalized spacial score (nSPS) is 17.9. The van der Waals surface area contributed by atoms with E-state index in [0.717, 1.165) is 32.1 Å². The largest absolute Gasteiger partial charge is 0.351 e. The number of hydrogen-bond acceptors (Lipinski definition) is 1. The molecule has 2 rings (SSSR count). The summed E-state index contributed by atoms with van der Waals surface area (Å²) >= 11 is 0. The molecule has 0 aliphatic heterocycles. The maximum atomic E-state index is 11.4. The first-order valence-electron chi connectivity index (χ1n) is 7.53. The molecule has 1 amide bonds. The average molecular weight is 259 g/mol. The molecule has 0 aromatic heterocycles. The molecule has 2 nitrogen and oxygen atoms in total. The van der Waals surface area contributed by atoms with E-state index in [4.69, 9.17) is 0 Å². The molecule has 19 heavy (non-hydrogen) atoms. The van der Waals surface area contributed by atoms with Crippen molar-refractivity contribution in [1.82, 2.24) is 5.32 Å². The summed E-state index contributed by atoms with van der Waals surface area (Å²) in [6.07, 6.45) is 9.52. The van der Waals surface area contributed by atoms with Crippen LogP contribution in [-0.2, 0) is 11.2 Å². The Morgan fingerprint density at radius 3 is 2.47 bits per heavy atom. The molecule has 1 aliphatic carbocycles. The van der Waals surface area contributed by atoms with E-state index in [-0.39, 0.29) is 11.4 Å². The first-order chi connectivity index (χ1) is 9.20. The van der Waals surface area contributed by atoms with E-state index in [0.29, 0.717) is 0 Å². The molecule has 1 aromatic rings. The number of carbonyl (C=O) groups is 1. The molecule has 1 saturated carbocycles. The number of benzene rings is 1. The second-order valence-electron chi connectivity index (χ2n) is 5.86. The van der Waals surface area contributed by atoms with Crippen LogP contribution in [0.15, 0.2) is 30.3 Å². The van der Waals surface area contributed by atoms with Crippen LogP contribution < -0.4 is 5.32 Å². The number of carbonyl (C=O) groups excluding carboxylic acids is 1. The number of rotatable bonds is 5. The van der Waals surface area contributed by atoms with E-state index in [1.807, 2.05) is 0 Å². The van der Waals surface area contributed by atoms with Crippen molar-refractivity contribution in [2.75, 3.05) is 0 Å².